The second-order valence-corrected chi connectivity index (χ2v) is 5.99. The molecule has 2 aliphatic rings. The quantitative estimate of drug-likeness (QED) is 0.830. The van der Waals surface area contributed by atoms with Crippen molar-refractivity contribution in [2.24, 2.45) is 0 Å². The molecule has 0 radical (unpaired) electrons. The van der Waals surface area contributed by atoms with Gasteiger partial charge in [0.1, 0.15) is 5.75 Å². The summed E-state index contributed by atoms with van der Waals surface area (Å²) in [4.78, 5) is 11.8. The van der Waals surface area contributed by atoms with Crippen molar-refractivity contribution in [3.8, 4) is 5.75 Å². The van der Waals surface area contributed by atoms with E-state index in [4.69, 9.17) is 4.74 Å². The second kappa shape index (κ2) is 5.08. The Bertz CT molecular complexity index is 571. The highest BCUT2D eigenvalue weighted by atomic mass is 16.5. The molecule has 106 valence electrons. The molecule has 0 spiro atoms. The maximum absolute atomic E-state index is 11.8. The first kappa shape index (κ1) is 13.4. The van der Waals surface area contributed by atoms with Gasteiger partial charge in [-0.1, -0.05) is 25.0 Å². The van der Waals surface area contributed by atoms with E-state index >= 15 is 0 Å². The van der Waals surface area contributed by atoms with Crippen molar-refractivity contribution in [3.05, 3.63) is 41.0 Å². The molecule has 2 heteroatoms. The molecule has 2 nitrogen and oxygen atoms in total. The van der Waals surface area contributed by atoms with Gasteiger partial charge in [0.2, 0.25) is 0 Å². The summed E-state index contributed by atoms with van der Waals surface area (Å²) >= 11 is 0. The van der Waals surface area contributed by atoms with Crippen LogP contribution in [0.1, 0.15) is 50.2 Å². The molecule has 0 saturated heterocycles. The van der Waals surface area contributed by atoms with E-state index in [1.54, 1.807) is 7.11 Å². The SMILES string of the molecule is CCCC12CCC(=O)C=C1CCc1cc(OC)ccc12. The molecule has 0 N–H and O–H groups in total. The number of methoxy groups -OCH3 is 1. The van der Waals surface area contributed by atoms with Crippen LogP contribution in [0.5, 0.6) is 5.75 Å². The zero-order valence-corrected chi connectivity index (χ0v) is 12.4. The monoisotopic (exact) mass is 270 g/mol. The van der Waals surface area contributed by atoms with E-state index in [2.05, 4.69) is 25.1 Å². The van der Waals surface area contributed by atoms with E-state index in [1.165, 1.54) is 16.7 Å². The third-order valence-corrected chi connectivity index (χ3v) is 4.92. The summed E-state index contributed by atoms with van der Waals surface area (Å²) in [5, 5.41) is 0. The highest BCUT2D eigenvalue weighted by molar-refractivity contribution is 5.92. The largest absolute Gasteiger partial charge is 0.497 e. The molecule has 0 fully saturated rings. The van der Waals surface area contributed by atoms with Crippen LogP contribution in [0.25, 0.3) is 0 Å². The number of benzene rings is 1. The number of hydrogen-bond acceptors (Lipinski definition) is 2. The molecule has 0 bridgehead atoms. The van der Waals surface area contributed by atoms with Crippen molar-refractivity contribution in [1.82, 2.24) is 0 Å². The molecular weight excluding hydrogens is 248 g/mol. The summed E-state index contributed by atoms with van der Waals surface area (Å²) < 4.78 is 5.36. The number of hydrogen-bond donors (Lipinski definition) is 0. The minimum Gasteiger partial charge on any atom is -0.497 e. The molecule has 1 unspecified atom stereocenters. The first-order chi connectivity index (χ1) is 9.69. The van der Waals surface area contributed by atoms with E-state index in [0.717, 1.165) is 37.9 Å². The Morgan fingerprint density at radius 2 is 2.10 bits per heavy atom. The molecule has 0 aromatic heterocycles. The molecule has 20 heavy (non-hydrogen) atoms. The van der Waals surface area contributed by atoms with E-state index in [0.29, 0.717) is 12.2 Å². The standard InChI is InChI=1S/C18H22O2/c1-3-9-18-10-8-15(19)12-14(18)5-4-13-11-16(20-2)6-7-17(13)18/h6-7,11-12H,3-5,8-10H2,1-2H3. The summed E-state index contributed by atoms with van der Waals surface area (Å²) in [5.41, 5.74) is 4.32. The van der Waals surface area contributed by atoms with Crippen LogP contribution in [-0.4, -0.2) is 12.9 Å². The topological polar surface area (TPSA) is 26.3 Å². The highest BCUT2D eigenvalue weighted by Gasteiger charge is 2.41. The molecule has 1 aromatic carbocycles. The van der Waals surface area contributed by atoms with Crippen LogP contribution in [0.3, 0.4) is 0 Å². The van der Waals surface area contributed by atoms with Gasteiger partial charge >= 0.3 is 0 Å². The van der Waals surface area contributed by atoms with Gasteiger partial charge < -0.3 is 4.74 Å². The van der Waals surface area contributed by atoms with Crippen LogP contribution < -0.4 is 4.74 Å². The van der Waals surface area contributed by atoms with Gasteiger partial charge in [0, 0.05) is 11.8 Å². The van der Waals surface area contributed by atoms with E-state index < -0.39 is 0 Å². The van der Waals surface area contributed by atoms with Crippen molar-refractivity contribution < 1.29 is 9.53 Å². The average molecular weight is 270 g/mol. The zero-order valence-electron chi connectivity index (χ0n) is 12.4. The number of carbonyl (C=O) groups excluding carboxylic acids is 1. The lowest BCUT2D eigenvalue weighted by Gasteiger charge is -2.44. The number of fused-ring (bicyclic) bond motifs is 3. The lowest BCUT2D eigenvalue weighted by Crippen LogP contribution is -2.37. The minimum atomic E-state index is 0.114. The van der Waals surface area contributed by atoms with E-state index in [1.807, 2.05) is 6.08 Å². The lowest BCUT2D eigenvalue weighted by molar-refractivity contribution is -0.115. The van der Waals surface area contributed by atoms with Crippen molar-refractivity contribution in [3.63, 3.8) is 0 Å². The fourth-order valence-electron chi connectivity index (χ4n) is 4.01. The van der Waals surface area contributed by atoms with E-state index in [9.17, 15) is 4.79 Å². The molecule has 1 aromatic rings. The van der Waals surface area contributed by atoms with Gasteiger partial charge in [-0.3, -0.25) is 4.79 Å². The number of carbonyl (C=O) groups is 1. The van der Waals surface area contributed by atoms with Crippen molar-refractivity contribution >= 4 is 5.78 Å². The van der Waals surface area contributed by atoms with Crippen LogP contribution in [0.2, 0.25) is 0 Å². The second-order valence-electron chi connectivity index (χ2n) is 5.99. The number of aryl methyl sites for hydroxylation is 1. The molecular formula is C18H22O2. The van der Waals surface area contributed by atoms with Crippen LogP contribution in [0, 0.1) is 0 Å². The van der Waals surface area contributed by atoms with Crippen molar-refractivity contribution in [2.45, 2.75) is 50.9 Å². The van der Waals surface area contributed by atoms with Gasteiger partial charge in [0.25, 0.3) is 0 Å². The van der Waals surface area contributed by atoms with Crippen LogP contribution in [-0.2, 0) is 16.6 Å². The Labute approximate surface area is 120 Å². The molecule has 1 atom stereocenters. The first-order valence-corrected chi connectivity index (χ1v) is 7.61. The maximum Gasteiger partial charge on any atom is 0.155 e. The smallest absolute Gasteiger partial charge is 0.155 e. The van der Waals surface area contributed by atoms with Gasteiger partial charge in [-0.05, 0) is 55.0 Å². The fourth-order valence-corrected chi connectivity index (χ4v) is 4.01. The number of allylic oxidation sites excluding steroid dienone is 2. The molecule has 0 amide bonds. The molecule has 0 saturated carbocycles. The fraction of sp³-hybridized carbons (Fsp3) is 0.500. The molecule has 0 heterocycles. The predicted molar refractivity (Wildman–Crippen MR) is 80.2 cm³/mol. The minimum absolute atomic E-state index is 0.114. The van der Waals surface area contributed by atoms with E-state index in [-0.39, 0.29) is 5.41 Å². The number of ketones is 1. The normalized spacial score (nSPS) is 24.7. The summed E-state index contributed by atoms with van der Waals surface area (Å²) in [7, 11) is 1.72. The van der Waals surface area contributed by atoms with Crippen LogP contribution >= 0.6 is 0 Å². The molecule has 2 aliphatic carbocycles. The third-order valence-electron chi connectivity index (χ3n) is 4.92. The Morgan fingerprint density at radius 3 is 2.85 bits per heavy atom. The summed E-state index contributed by atoms with van der Waals surface area (Å²) in [6.07, 6.45) is 7.94. The zero-order chi connectivity index (χ0) is 14.2. The number of ether oxygens (including phenoxy) is 1. The van der Waals surface area contributed by atoms with Gasteiger partial charge in [-0.2, -0.15) is 0 Å². The predicted octanol–water partition coefficient (Wildman–Crippen LogP) is 3.97. The van der Waals surface area contributed by atoms with Crippen LogP contribution in [0.15, 0.2) is 29.8 Å². The van der Waals surface area contributed by atoms with Crippen LogP contribution in [0.4, 0.5) is 0 Å². The summed E-state index contributed by atoms with van der Waals surface area (Å²) in [6, 6.07) is 6.47. The van der Waals surface area contributed by atoms with Gasteiger partial charge in [0.15, 0.2) is 5.78 Å². The highest BCUT2D eigenvalue weighted by Crippen LogP contribution is 2.50. The van der Waals surface area contributed by atoms with Crippen molar-refractivity contribution in [1.29, 1.82) is 0 Å². The maximum atomic E-state index is 11.8. The Kier molecular flexibility index (Phi) is 3.41. The Hall–Kier alpha value is -1.57. The Balaban J connectivity index is 2.14. The molecule has 0 aliphatic heterocycles. The van der Waals surface area contributed by atoms with Crippen molar-refractivity contribution in [2.75, 3.05) is 7.11 Å². The average Bonchev–Trinajstić information content (AvgIpc) is 2.47. The summed E-state index contributed by atoms with van der Waals surface area (Å²) in [6.45, 7) is 2.24. The van der Waals surface area contributed by atoms with Gasteiger partial charge in [0.05, 0.1) is 7.11 Å². The first-order valence-electron chi connectivity index (χ1n) is 7.61. The lowest BCUT2D eigenvalue weighted by atomic mass is 9.60. The van der Waals surface area contributed by atoms with Gasteiger partial charge in [-0.15, -0.1) is 0 Å². The third kappa shape index (κ3) is 1.98. The van der Waals surface area contributed by atoms with Gasteiger partial charge in [-0.25, -0.2) is 0 Å². The summed E-state index contributed by atoms with van der Waals surface area (Å²) in [5.74, 6) is 1.25. The Morgan fingerprint density at radius 1 is 1.25 bits per heavy atom. The molecule has 3 rings (SSSR count). The number of rotatable bonds is 3.